The summed E-state index contributed by atoms with van der Waals surface area (Å²) in [6, 6.07) is 8.49. The largest absolute Gasteiger partial charge is 0.330 e. The summed E-state index contributed by atoms with van der Waals surface area (Å²) in [6.07, 6.45) is 3.84. The number of aryl methyl sites for hydroxylation is 1. The van der Waals surface area contributed by atoms with Crippen LogP contribution in [0.3, 0.4) is 0 Å². The second kappa shape index (κ2) is 8.19. The number of likely N-dealkylation sites (tertiary alicyclic amines) is 1. The number of carbonyl (C=O) groups is 1. The first-order valence-corrected chi connectivity index (χ1v) is 9.92. The van der Waals surface area contributed by atoms with E-state index in [4.69, 9.17) is 0 Å². The standard InChI is InChI=1S/C20H28N6O/c1-16-5-2-3-6-17(16)19-7-4-10-26(19)20(27)18-15-25(23-22-18)14-13-24-11-8-21-9-12-24/h2-3,5-6,15,19,21H,4,7-14H2,1H3/t19-/m0/s1. The molecule has 1 atom stereocenters. The van der Waals surface area contributed by atoms with Crippen molar-refractivity contribution >= 4 is 5.91 Å². The van der Waals surface area contributed by atoms with Gasteiger partial charge in [-0.1, -0.05) is 29.5 Å². The van der Waals surface area contributed by atoms with Gasteiger partial charge in [0.15, 0.2) is 5.69 Å². The molecule has 27 heavy (non-hydrogen) atoms. The van der Waals surface area contributed by atoms with Crippen LogP contribution >= 0.6 is 0 Å². The number of hydrogen-bond donors (Lipinski definition) is 1. The average Bonchev–Trinajstić information content (AvgIpc) is 3.37. The minimum Gasteiger partial charge on any atom is -0.330 e. The highest BCUT2D eigenvalue weighted by Gasteiger charge is 2.32. The molecule has 0 unspecified atom stereocenters. The molecule has 0 bridgehead atoms. The third kappa shape index (κ3) is 4.04. The van der Waals surface area contributed by atoms with Gasteiger partial charge in [-0.25, -0.2) is 0 Å². The number of nitrogens with zero attached hydrogens (tertiary/aromatic N) is 5. The molecule has 2 aromatic rings. The summed E-state index contributed by atoms with van der Waals surface area (Å²) in [6.45, 7) is 8.80. The zero-order valence-corrected chi connectivity index (χ0v) is 16.0. The molecule has 0 spiro atoms. The van der Waals surface area contributed by atoms with Crippen LogP contribution in [0.15, 0.2) is 30.5 Å². The van der Waals surface area contributed by atoms with Crippen molar-refractivity contribution in [1.82, 2.24) is 30.1 Å². The monoisotopic (exact) mass is 368 g/mol. The lowest BCUT2D eigenvalue weighted by atomic mass is 9.99. The van der Waals surface area contributed by atoms with E-state index in [2.05, 4.69) is 45.7 Å². The van der Waals surface area contributed by atoms with E-state index in [1.807, 2.05) is 11.0 Å². The van der Waals surface area contributed by atoms with Crippen molar-refractivity contribution in [2.45, 2.75) is 32.4 Å². The highest BCUT2D eigenvalue weighted by atomic mass is 16.2. The quantitative estimate of drug-likeness (QED) is 0.866. The molecule has 2 saturated heterocycles. The Balaban J connectivity index is 1.41. The number of rotatable bonds is 5. The fourth-order valence-electron chi connectivity index (χ4n) is 4.13. The van der Waals surface area contributed by atoms with E-state index in [-0.39, 0.29) is 11.9 Å². The van der Waals surface area contributed by atoms with Crippen LogP contribution < -0.4 is 5.32 Å². The number of benzene rings is 1. The molecule has 4 rings (SSSR count). The summed E-state index contributed by atoms with van der Waals surface area (Å²) in [5.74, 6) is -0.00539. The van der Waals surface area contributed by atoms with Gasteiger partial charge in [-0.15, -0.1) is 5.10 Å². The van der Waals surface area contributed by atoms with Crippen molar-refractivity contribution in [2.24, 2.45) is 0 Å². The van der Waals surface area contributed by atoms with E-state index in [1.165, 1.54) is 11.1 Å². The second-order valence-corrected chi connectivity index (χ2v) is 7.47. The predicted molar refractivity (Wildman–Crippen MR) is 104 cm³/mol. The smallest absolute Gasteiger partial charge is 0.276 e. The van der Waals surface area contributed by atoms with E-state index in [0.717, 1.165) is 58.7 Å². The predicted octanol–water partition coefficient (Wildman–Crippen LogP) is 1.47. The summed E-state index contributed by atoms with van der Waals surface area (Å²) in [5.41, 5.74) is 2.94. The molecule has 1 amide bonds. The van der Waals surface area contributed by atoms with E-state index in [9.17, 15) is 4.79 Å². The Labute approximate surface area is 160 Å². The Morgan fingerprint density at radius 2 is 2.00 bits per heavy atom. The van der Waals surface area contributed by atoms with Crippen molar-refractivity contribution in [3.8, 4) is 0 Å². The zero-order chi connectivity index (χ0) is 18.6. The Morgan fingerprint density at radius 3 is 2.81 bits per heavy atom. The molecule has 2 aliphatic rings. The lowest BCUT2D eigenvalue weighted by Gasteiger charge is -2.26. The SMILES string of the molecule is Cc1ccccc1[C@@H]1CCCN1C(=O)c1cn(CCN2CCNCC2)nn1. The molecule has 1 N–H and O–H groups in total. The number of amides is 1. The molecule has 2 aliphatic heterocycles. The minimum atomic E-state index is -0.00539. The van der Waals surface area contributed by atoms with Crippen LogP contribution in [0, 0.1) is 6.92 Å². The minimum absolute atomic E-state index is 0.00539. The van der Waals surface area contributed by atoms with Crippen LogP contribution in [0.4, 0.5) is 0 Å². The Kier molecular flexibility index (Phi) is 5.50. The normalized spacial score (nSPS) is 20.9. The topological polar surface area (TPSA) is 66.3 Å². The van der Waals surface area contributed by atoms with Gasteiger partial charge < -0.3 is 10.2 Å². The van der Waals surface area contributed by atoms with E-state index >= 15 is 0 Å². The van der Waals surface area contributed by atoms with Gasteiger partial charge in [0.25, 0.3) is 5.91 Å². The molecule has 144 valence electrons. The molecule has 1 aromatic heterocycles. The lowest BCUT2D eigenvalue weighted by molar-refractivity contribution is 0.0729. The Hall–Kier alpha value is -2.25. The van der Waals surface area contributed by atoms with Gasteiger partial charge in [0, 0.05) is 39.3 Å². The highest BCUT2D eigenvalue weighted by Crippen LogP contribution is 2.34. The molecule has 3 heterocycles. The maximum Gasteiger partial charge on any atom is 0.276 e. The highest BCUT2D eigenvalue weighted by molar-refractivity contribution is 5.92. The molecule has 1 aromatic carbocycles. The van der Waals surface area contributed by atoms with Crippen molar-refractivity contribution in [3.05, 3.63) is 47.3 Å². The second-order valence-electron chi connectivity index (χ2n) is 7.47. The van der Waals surface area contributed by atoms with Crippen molar-refractivity contribution < 1.29 is 4.79 Å². The maximum absolute atomic E-state index is 13.1. The van der Waals surface area contributed by atoms with Crippen molar-refractivity contribution in [3.63, 3.8) is 0 Å². The van der Waals surface area contributed by atoms with E-state index in [0.29, 0.717) is 5.69 Å². The summed E-state index contributed by atoms with van der Waals surface area (Å²) in [7, 11) is 0. The van der Waals surface area contributed by atoms with Gasteiger partial charge in [-0.05, 0) is 30.9 Å². The Bertz CT molecular complexity index is 782. The Morgan fingerprint density at radius 1 is 1.19 bits per heavy atom. The number of aromatic nitrogens is 3. The van der Waals surface area contributed by atoms with Gasteiger partial charge in [0.1, 0.15) is 0 Å². The molecular weight excluding hydrogens is 340 g/mol. The molecule has 7 heteroatoms. The molecular formula is C20H28N6O. The molecule has 0 saturated carbocycles. The molecule has 0 aliphatic carbocycles. The summed E-state index contributed by atoms with van der Waals surface area (Å²) in [5, 5.41) is 11.7. The fraction of sp³-hybridized carbons (Fsp3) is 0.550. The molecule has 7 nitrogen and oxygen atoms in total. The summed E-state index contributed by atoms with van der Waals surface area (Å²) >= 11 is 0. The van der Waals surface area contributed by atoms with Gasteiger partial charge in [-0.2, -0.15) is 0 Å². The third-order valence-electron chi connectivity index (χ3n) is 5.67. The summed E-state index contributed by atoms with van der Waals surface area (Å²) in [4.78, 5) is 17.4. The van der Waals surface area contributed by atoms with Crippen LogP contribution in [-0.2, 0) is 6.54 Å². The first-order chi connectivity index (χ1) is 13.2. The first kappa shape index (κ1) is 18.1. The van der Waals surface area contributed by atoms with E-state index < -0.39 is 0 Å². The molecule has 0 radical (unpaired) electrons. The van der Waals surface area contributed by atoms with Gasteiger partial charge >= 0.3 is 0 Å². The third-order valence-corrected chi connectivity index (χ3v) is 5.67. The number of piperazine rings is 1. The molecule has 2 fully saturated rings. The number of nitrogens with one attached hydrogen (secondary N) is 1. The van der Waals surface area contributed by atoms with Gasteiger partial charge in [0.05, 0.1) is 18.8 Å². The average molecular weight is 368 g/mol. The number of hydrogen-bond acceptors (Lipinski definition) is 5. The number of carbonyl (C=O) groups excluding carboxylic acids is 1. The fourth-order valence-corrected chi connectivity index (χ4v) is 4.13. The van der Waals surface area contributed by atoms with E-state index in [1.54, 1.807) is 10.9 Å². The van der Waals surface area contributed by atoms with Crippen LogP contribution in [0.1, 0.15) is 40.5 Å². The maximum atomic E-state index is 13.1. The van der Waals surface area contributed by atoms with Crippen molar-refractivity contribution in [2.75, 3.05) is 39.3 Å². The van der Waals surface area contributed by atoms with Crippen LogP contribution in [0.2, 0.25) is 0 Å². The first-order valence-electron chi connectivity index (χ1n) is 9.92. The van der Waals surface area contributed by atoms with Crippen molar-refractivity contribution in [1.29, 1.82) is 0 Å². The van der Waals surface area contributed by atoms with Gasteiger partial charge in [0.2, 0.25) is 0 Å². The van der Waals surface area contributed by atoms with Crippen LogP contribution in [0.5, 0.6) is 0 Å². The van der Waals surface area contributed by atoms with Crippen LogP contribution in [-0.4, -0.2) is 70.0 Å². The van der Waals surface area contributed by atoms with Gasteiger partial charge in [-0.3, -0.25) is 14.4 Å². The summed E-state index contributed by atoms with van der Waals surface area (Å²) < 4.78 is 1.80. The lowest BCUT2D eigenvalue weighted by Crippen LogP contribution is -2.44. The van der Waals surface area contributed by atoms with Crippen LogP contribution in [0.25, 0.3) is 0 Å². The zero-order valence-electron chi connectivity index (χ0n) is 16.0.